The molecule has 0 heterocycles. The Bertz CT molecular complexity index is 528. The van der Waals surface area contributed by atoms with E-state index in [1.54, 1.807) is 13.8 Å². The fourth-order valence-electron chi connectivity index (χ4n) is 2.13. The lowest BCUT2D eigenvalue weighted by Crippen LogP contribution is -2.24. The average Bonchev–Trinajstić information content (AvgIpc) is 2.20. The van der Waals surface area contributed by atoms with Gasteiger partial charge in [0, 0.05) is 0 Å². The van der Waals surface area contributed by atoms with Crippen LogP contribution in [0.1, 0.15) is 42.5 Å². The summed E-state index contributed by atoms with van der Waals surface area (Å²) < 4.78 is 24.2. The Morgan fingerprint density at radius 1 is 1.11 bits per heavy atom. The zero-order chi connectivity index (χ0) is 14.8. The SMILES string of the molecule is Cc1cc(C)c(CS(=O)(=O)CCC(C)(C)O)c(C)c1. The number of sulfone groups is 1. The predicted octanol–water partition coefficient (Wildman–Crippen LogP) is 2.69. The third-order valence-electron chi connectivity index (χ3n) is 3.23. The summed E-state index contributed by atoms with van der Waals surface area (Å²) in [5, 5.41) is 9.63. The maximum atomic E-state index is 12.1. The second-order valence-electron chi connectivity index (χ2n) is 6.03. The van der Waals surface area contributed by atoms with Gasteiger partial charge in [-0.2, -0.15) is 0 Å². The summed E-state index contributed by atoms with van der Waals surface area (Å²) in [5.41, 5.74) is 3.13. The van der Waals surface area contributed by atoms with Crippen LogP contribution < -0.4 is 0 Å². The highest BCUT2D eigenvalue weighted by Crippen LogP contribution is 2.20. The van der Waals surface area contributed by atoms with Crippen LogP contribution in [0.15, 0.2) is 12.1 Å². The number of aryl methyl sites for hydroxylation is 3. The van der Waals surface area contributed by atoms with Gasteiger partial charge in [0.25, 0.3) is 0 Å². The van der Waals surface area contributed by atoms with Crippen molar-refractivity contribution in [2.24, 2.45) is 0 Å². The summed E-state index contributed by atoms with van der Waals surface area (Å²) in [4.78, 5) is 0. The van der Waals surface area contributed by atoms with Crippen LogP contribution in [0.3, 0.4) is 0 Å². The Balaban J connectivity index is 2.90. The van der Waals surface area contributed by atoms with Gasteiger partial charge in [0.05, 0.1) is 17.1 Å². The topological polar surface area (TPSA) is 54.4 Å². The van der Waals surface area contributed by atoms with Crippen LogP contribution in [0.4, 0.5) is 0 Å². The van der Waals surface area contributed by atoms with Crippen molar-refractivity contribution < 1.29 is 13.5 Å². The first kappa shape index (κ1) is 16.2. The van der Waals surface area contributed by atoms with Crippen molar-refractivity contribution in [1.29, 1.82) is 0 Å². The van der Waals surface area contributed by atoms with E-state index in [1.165, 1.54) is 0 Å². The van der Waals surface area contributed by atoms with E-state index in [0.29, 0.717) is 0 Å². The van der Waals surface area contributed by atoms with Crippen molar-refractivity contribution in [2.75, 3.05) is 5.75 Å². The summed E-state index contributed by atoms with van der Waals surface area (Å²) >= 11 is 0. The largest absolute Gasteiger partial charge is 0.390 e. The van der Waals surface area contributed by atoms with Gasteiger partial charge in [0.15, 0.2) is 9.84 Å². The molecule has 1 rings (SSSR count). The van der Waals surface area contributed by atoms with Gasteiger partial charge in [-0.3, -0.25) is 0 Å². The fraction of sp³-hybridized carbons (Fsp3) is 0.600. The Kier molecular flexibility index (Phi) is 4.80. The molecule has 4 heteroatoms. The number of aliphatic hydroxyl groups is 1. The van der Waals surface area contributed by atoms with Gasteiger partial charge in [-0.25, -0.2) is 8.42 Å². The van der Waals surface area contributed by atoms with E-state index in [4.69, 9.17) is 0 Å². The molecule has 0 amide bonds. The van der Waals surface area contributed by atoms with Crippen LogP contribution in [-0.4, -0.2) is 24.9 Å². The van der Waals surface area contributed by atoms with Crippen LogP contribution in [-0.2, 0) is 15.6 Å². The number of hydrogen-bond acceptors (Lipinski definition) is 3. The molecule has 0 aromatic heterocycles. The van der Waals surface area contributed by atoms with Crippen LogP contribution in [0.2, 0.25) is 0 Å². The lowest BCUT2D eigenvalue weighted by molar-refractivity contribution is 0.0772. The molecule has 0 unspecified atom stereocenters. The van der Waals surface area contributed by atoms with Crippen molar-refractivity contribution in [2.45, 2.75) is 52.4 Å². The standard InChI is InChI=1S/C15H24O3S/c1-11-8-12(2)14(13(3)9-11)10-19(17,18)7-6-15(4,5)16/h8-9,16H,6-7,10H2,1-5H3. The van der Waals surface area contributed by atoms with E-state index in [1.807, 2.05) is 32.9 Å². The predicted molar refractivity (Wildman–Crippen MR) is 79.1 cm³/mol. The Morgan fingerprint density at radius 3 is 2.00 bits per heavy atom. The quantitative estimate of drug-likeness (QED) is 0.904. The Labute approximate surface area is 116 Å². The molecular formula is C15H24O3S. The smallest absolute Gasteiger partial charge is 0.154 e. The lowest BCUT2D eigenvalue weighted by Gasteiger charge is -2.17. The van der Waals surface area contributed by atoms with Gasteiger partial charge in [0.2, 0.25) is 0 Å². The maximum Gasteiger partial charge on any atom is 0.154 e. The third kappa shape index (κ3) is 5.33. The van der Waals surface area contributed by atoms with Crippen molar-refractivity contribution in [3.8, 4) is 0 Å². The number of benzene rings is 1. The van der Waals surface area contributed by atoms with Crippen molar-refractivity contribution >= 4 is 9.84 Å². The highest BCUT2D eigenvalue weighted by Gasteiger charge is 2.20. The summed E-state index contributed by atoms with van der Waals surface area (Å²) in [7, 11) is -3.19. The third-order valence-corrected chi connectivity index (χ3v) is 4.78. The minimum atomic E-state index is -3.19. The molecule has 1 aromatic carbocycles. The minimum Gasteiger partial charge on any atom is -0.390 e. The molecular weight excluding hydrogens is 260 g/mol. The van der Waals surface area contributed by atoms with E-state index in [0.717, 1.165) is 22.3 Å². The zero-order valence-electron chi connectivity index (χ0n) is 12.4. The molecule has 0 saturated carbocycles. The highest BCUT2D eigenvalue weighted by atomic mass is 32.2. The van der Waals surface area contributed by atoms with E-state index >= 15 is 0 Å². The van der Waals surface area contributed by atoms with Crippen LogP contribution in [0.5, 0.6) is 0 Å². The van der Waals surface area contributed by atoms with Gasteiger partial charge in [-0.15, -0.1) is 0 Å². The van der Waals surface area contributed by atoms with Crippen LogP contribution in [0, 0.1) is 20.8 Å². The van der Waals surface area contributed by atoms with Crippen LogP contribution >= 0.6 is 0 Å². The second kappa shape index (κ2) is 5.63. The molecule has 0 atom stereocenters. The first-order chi connectivity index (χ1) is 8.50. The average molecular weight is 284 g/mol. The molecule has 0 bridgehead atoms. The summed E-state index contributed by atoms with van der Waals surface area (Å²) in [6.45, 7) is 9.16. The number of rotatable bonds is 5. The van der Waals surface area contributed by atoms with E-state index in [2.05, 4.69) is 0 Å². The Hall–Kier alpha value is -0.870. The van der Waals surface area contributed by atoms with E-state index in [-0.39, 0.29) is 17.9 Å². The van der Waals surface area contributed by atoms with Crippen molar-refractivity contribution in [3.05, 3.63) is 34.4 Å². The summed E-state index contributed by atoms with van der Waals surface area (Å²) in [5.74, 6) is 0.0737. The maximum absolute atomic E-state index is 12.1. The van der Waals surface area contributed by atoms with E-state index in [9.17, 15) is 13.5 Å². The highest BCUT2D eigenvalue weighted by molar-refractivity contribution is 7.90. The molecule has 19 heavy (non-hydrogen) atoms. The minimum absolute atomic E-state index is 0.0171. The lowest BCUT2D eigenvalue weighted by atomic mass is 10.0. The first-order valence-corrected chi connectivity index (χ1v) is 8.32. The monoisotopic (exact) mass is 284 g/mol. The van der Waals surface area contributed by atoms with Crippen molar-refractivity contribution in [3.63, 3.8) is 0 Å². The first-order valence-electron chi connectivity index (χ1n) is 6.50. The number of hydrogen-bond donors (Lipinski definition) is 1. The van der Waals surface area contributed by atoms with Gasteiger partial charge in [0.1, 0.15) is 0 Å². The second-order valence-corrected chi connectivity index (χ2v) is 8.22. The molecule has 0 radical (unpaired) electrons. The molecule has 0 spiro atoms. The molecule has 0 aliphatic rings. The van der Waals surface area contributed by atoms with E-state index < -0.39 is 15.4 Å². The molecule has 0 saturated heterocycles. The fourth-order valence-corrected chi connectivity index (χ4v) is 3.98. The zero-order valence-corrected chi connectivity index (χ0v) is 13.3. The molecule has 1 N–H and O–H groups in total. The molecule has 1 aromatic rings. The van der Waals surface area contributed by atoms with Gasteiger partial charge < -0.3 is 5.11 Å². The normalized spacial score (nSPS) is 12.7. The molecule has 108 valence electrons. The molecule has 0 aliphatic carbocycles. The molecule has 3 nitrogen and oxygen atoms in total. The van der Waals surface area contributed by atoms with Gasteiger partial charge in [-0.1, -0.05) is 17.7 Å². The summed E-state index contributed by atoms with van der Waals surface area (Å²) in [6, 6.07) is 4.02. The summed E-state index contributed by atoms with van der Waals surface area (Å²) in [6.07, 6.45) is 0.263. The molecule has 0 aliphatic heterocycles. The Morgan fingerprint density at radius 2 is 1.58 bits per heavy atom. The van der Waals surface area contributed by atoms with Crippen LogP contribution in [0.25, 0.3) is 0 Å². The molecule has 0 fully saturated rings. The van der Waals surface area contributed by atoms with Gasteiger partial charge in [-0.05, 0) is 57.7 Å². The van der Waals surface area contributed by atoms with Gasteiger partial charge >= 0.3 is 0 Å². The van der Waals surface area contributed by atoms with Crippen molar-refractivity contribution in [1.82, 2.24) is 0 Å².